The third-order valence-corrected chi connectivity index (χ3v) is 2.96. The van der Waals surface area contributed by atoms with Crippen LogP contribution < -0.4 is 10.5 Å². The molecule has 4 nitrogen and oxygen atoms in total. The molecule has 1 N–H and O–H groups in total. The predicted octanol–water partition coefficient (Wildman–Crippen LogP) is 1.33. The predicted molar refractivity (Wildman–Crippen MR) is 63.6 cm³/mol. The zero-order valence-electron chi connectivity index (χ0n) is 11.8. The molecule has 0 amide bonds. The molecule has 0 fully saturated rings. The fourth-order valence-electron chi connectivity index (χ4n) is 2.23. The van der Waals surface area contributed by atoms with Crippen molar-refractivity contribution in [3.63, 3.8) is 0 Å². The van der Waals surface area contributed by atoms with E-state index in [1.54, 1.807) is 0 Å². The highest BCUT2D eigenvalue weighted by atomic mass is 16.1. The summed E-state index contributed by atoms with van der Waals surface area (Å²) in [5.41, 5.74) is 2.32. The molecule has 0 saturated carbocycles. The fraction of sp³-hybridized carbons (Fsp3) is 0.250. The molecule has 0 radical (unpaired) electrons. The Morgan fingerprint density at radius 1 is 1.44 bits per heavy atom. The maximum Gasteiger partial charge on any atom is 0.269 e. The van der Waals surface area contributed by atoms with E-state index in [2.05, 4.69) is 5.10 Å². The van der Waals surface area contributed by atoms with Crippen LogP contribution in [0.4, 0.5) is 5.69 Å². The van der Waals surface area contributed by atoms with Gasteiger partial charge >= 0.3 is 0 Å². The van der Waals surface area contributed by atoms with Crippen LogP contribution in [0, 0.1) is 0 Å². The number of nitrogens with zero attached hydrogens (tertiary/aromatic N) is 2. The lowest BCUT2D eigenvalue weighted by Gasteiger charge is -2.27. The lowest BCUT2D eigenvalue weighted by Crippen LogP contribution is -2.24. The van der Waals surface area contributed by atoms with Crippen LogP contribution in [-0.4, -0.2) is 16.8 Å². The van der Waals surface area contributed by atoms with Crippen molar-refractivity contribution < 1.29 is 4.11 Å². The van der Waals surface area contributed by atoms with Crippen molar-refractivity contribution in [3.05, 3.63) is 40.2 Å². The van der Waals surface area contributed by atoms with Gasteiger partial charge in [-0.3, -0.25) is 14.6 Å². The van der Waals surface area contributed by atoms with Gasteiger partial charge in [0.25, 0.3) is 5.56 Å². The van der Waals surface area contributed by atoms with E-state index < -0.39 is 6.98 Å². The second-order valence-corrected chi connectivity index (χ2v) is 3.98. The lowest BCUT2D eigenvalue weighted by atomic mass is 10.0. The van der Waals surface area contributed by atoms with Gasteiger partial charge in [0, 0.05) is 29.4 Å². The van der Waals surface area contributed by atoms with E-state index in [-0.39, 0.29) is 5.56 Å². The molecule has 16 heavy (non-hydrogen) atoms. The van der Waals surface area contributed by atoms with Crippen molar-refractivity contribution in [2.45, 2.75) is 6.54 Å². The molecule has 2 heterocycles. The molecule has 4 heteroatoms. The molecule has 82 valence electrons. The molecule has 0 unspecified atom stereocenters. The van der Waals surface area contributed by atoms with Gasteiger partial charge < -0.3 is 4.90 Å². The van der Waals surface area contributed by atoms with Crippen molar-refractivity contribution in [1.29, 1.82) is 0 Å². The van der Waals surface area contributed by atoms with Gasteiger partial charge in [-0.05, 0) is 6.07 Å². The minimum atomic E-state index is -2.39. The number of H-pyrrole nitrogens is 1. The van der Waals surface area contributed by atoms with Crippen molar-refractivity contribution >= 4 is 5.69 Å². The number of nitrogens with one attached hydrogen (secondary N) is 1. The van der Waals surface area contributed by atoms with Gasteiger partial charge in [-0.15, -0.1) is 0 Å². The number of aryl methyl sites for hydroxylation is 1. The normalized spacial score (nSPS) is 17.1. The first-order valence-electron chi connectivity index (χ1n) is 6.54. The summed E-state index contributed by atoms with van der Waals surface area (Å²) < 4.78 is 23.6. The minimum Gasteiger partial charge on any atom is -0.369 e. The molecule has 1 aromatic heterocycles. The van der Waals surface area contributed by atoms with E-state index >= 15 is 0 Å². The maximum absolute atomic E-state index is 11.9. The number of fused-ring (bicyclic) bond motifs is 3. The van der Waals surface area contributed by atoms with Gasteiger partial charge in [0.15, 0.2) is 0 Å². The molecule has 2 aromatic rings. The number of hydrogen-bond acceptors (Lipinski definition) is 2. The summed E-state index contributed by atoms with van der Waals surface area (Å²) in [5, 5.41) is 2.43. The van der Waals surface area contributed by atoms with Crippen LogP contribution >= 0.6 is 0 Å². The average molecular weight is 218 g/mol. The Labute approximate surface area is 97.3 Å². The first kappa shape index (κ1) is 6.58. The second kappa shape index (κ2) is 3.01. The fourth-order valence-corrected chi connectivity index (χ4v) is 2.23. The van der Waals surface area contributed by atoms with E-state index in [1.165, 1.54) is 0 Å². The third kappa shape index (κ3) is 1.07. The summed E-state index contributed by atoms with van der Waals surface area (Å²) in [6, 6.07) is 7.48. The standard InChI is InChI=1S/C12H13N3O/c1-14-7-9-11(15(2)13-12(9)16)8-5-3-4-6-10(8)14/h3-6H,7H2,1-2H3,(H,13,16)/i2D3. The van der Waals surface area contributed by atoms with Gasteiger partial charge in [-0.1, -0.05) is 18.2 Å². The van der Waals surface area contributed by atoms with Crippen LogP contribution in [0.5, 0.6) is 0 Å². The summed E-state index contributed by atoms with van der Waals surface area (Å²) in [6.07, 6.45) is 0. The maximum atomic E-state index is 11.9. The largest absolute Gasteiger partial charge is 0.369 e. The van der Waals surface area contributed by atoms with Gasteiger partial charge in [0.2, 0.25) is 0 Å². The van der Waals surface area contributed by atoms with Crippen LogP contribution in [0.3, 0.4) is 0 Å². The average Bonchev–Trinajstić information content (AvgIpc) is 2.68. The Bertz CT molecular complexity index is 699. The monoisotopic (exact) mass is 218 g/mol. The highest BCUT2D eigenvalue weighted by Gasteiger charge is 2.24. The smallest absolute Gasteiger partial charge is 0.269 e. The van der Waals surface area contributed by atoms with E-state index in [1.807, 2.05) is 36.2 Å². The quantitative estimate of drug-likeness (QED) is 0.724. The molecule has 1 aliphatic heterocycles. The van der Waals surface area contributed by atoms with E-state index in [4.69, 9.17) is 4.11 Å². The Morgan fingerprint density at radius 3 is 3.06 bits per heavy atom. The number of hydrogen-bond donors (Lipinski definition) is 1. The number of benzene rings is 1. The number of anilines is 1. The number of para-hydroxylation sites is 1. The Morgan fingerprint density at radius 2 is 2.25 bits per heavy atom. The van der Waals surface area contributed by atoms with Crippen molar-refractivity contribution in [3.8, 4) is 11.3 Å². The molecule has 0 spiro atoms. The highest BCUT2D eigenvalue weighted by molar-refractivity contribution is 5.81. The minimum absolute atomic E-state index is 0.340. The van der Waals surface area contributed by atoms with Gasteiger partial charge in [-0.25, -0.2) is 0 Å². The van der Waals surface area contributed by atoms with Crippen LogP contribution in [0.2, 0.25) is 0 Å². The van der Waals surface area contributed by atoms with Crippen LogP contribution in [0.1, 0.15) is 9.68 Å². The SMILES string of the molecule is [2H]C([2H])([2H])n1[nH]c(=O)c2c1-c1ccccc1N(C)C2. The molecule has 1 aliphatic rings. The molecule has 1 aromatic carbocycles. The molecule has 3 rings (SSSR count). The molecule has 0 aliphatic carbocycles. The van der Waals surface area contributed by atoms with Crippen molar-refractivity contribution in [2.24, 2.45) is 6.98 Å². The number of aromatic amines is 1. The zero-order valence-corrected chi connectivity index (χ0v) is 8.82. The van der Waals surface area contributed by atoms with Crippen LogP contribution in [0.15, 0.2) is 29.1 Å². The van der Waals surface area contributed by atoms with Crippen LogP contribution in [0.25, 0.3) is 11.3 Å². The van der Waals surface area contributed by atoms with E-state index in [9.17, 15) is 4.79 Å². The highest BCUT2D eigenvalue weighted by Crippen LogP contribution is 2.36. The first-order valence-corrected chi connectivity index (χ1v) is 5.04. The van der Waals surface area contributed by atoms with E-state index in [0.29, 0.717) is 17.8 Å². The molecule has 0 bridgehead atoms. The molecular weight excluding hydrogens is 202 g/mol. The second-order valence-electron chi connectivity index (χ2n) is 3.98. The molecule has 0 saturated heterocycles. The zero-order chi connectivity index (χ0) is 13.8. The van der Waals surface area contributed by atoms with Crippen LogP contribution in [-0.2, 0) is 13.5 Å². The first-order chi connectivity index (χ1) is 8.89. The van der Waals surface area contributed by atoms with Crippen molar-refractivity contribution in [1.82, 2.24) is 9.78 Å². The summed E-state index contributed by atoms with van der Waals surface area (Å²) in [6.45, 7) is -1.99. The Hall–Kier alpha value is -1.97. The third-order valence-electron chi connectivity index (χ3n) is 2.96. The number of rotatable bonds is 0. The van der Waals surface area contributed by atoms with Gasteiger partial charge in [-0.2, -0.15) is 0 Å². The molecular formula is C12H13N3O. The van der Waals surface area contributed by atoms with Gasteiger partial charge in [0.1, 0.15) is 0 Å². The number of aromatic nitrogens is 2. The summed E-state index contributed by atoms with van der Waals surface area (Å²) in [7, 11) is 1.88. The summed E-state index contributed by atoms with van der Waals surface area (Å²) >= 11 is 0. The summed E-state index contributed by atoms with van der Waals surface area (Å²) in [5.74, 6) is 0. The van der Waals surface area contributed by atoms with E-state index in [0.717, 1.165) is 15.9 Å². The van der Waals surface area contributed by atoms with Gasteiger partial charge in [0.05, 0.1) is 17.8 Å². The molecule has 0 atom stereocenters. The lowest BCUT2D eigenvalue weighted by molar-refractivity contribution is 0.762. The summed E-state index contributed by atoms with van der Waals surface area (Å²) in [4.78, 5) is 13.9. The topological polar surface area (TPSA) is 41.0 Å². The van der Waals surface area contributed by atoms with Crippen molar-refractivity contribution in [2.75, 3.05) is 11.9 Å². The Balaban J connectivity index is 2.36. The Kier molecular flexibility index (Phi) is 1.24.